The Kier molecular flexibility index (Phi) is 5.44. The summed E-state index contributed by atoms with van der Waals surface area (Å²) in [6.07, 6.45) is 5.37. The van der Waals surface area contributed by atoms with Crippen LogP contribution in [0.4, 0.5) is 0 Å². The Morgan fingerprint density at radius 2 is 1.70 bits per heavy atom. The number of nitrogens with one attached hydrogen (secondary N) is 1. The molecular formula is C17H28N2O. The average Bonchev–Trinajstić information content (AvgIpc) is 2.43. The lowest BCUT2D eigenvalue weighted by Crippen LogP contribution is -2.35. The second-order valence-corrected chi connectivity index (χ2v) is 6.40. The summed E-state index contributed by atoms with van der Waals surface area (Å²) in [6, 6.07) is 8.63. The molecule has 112 valence electrons. The van der Waals surface area contributed by atoms with Gasteiger partial charge in [0.1, 0.15) is 5.75 Å². The second kappa shape index (κ2) is 7.09. The van der Waals surface area contributed by atoms with E-state index in [4.69, 9.17) is 10.6 Å². The molecule has 1 saturated carbocycles. The van der Waals surface area contributed by atoms with Crippen LogP contribution in [0.5, 0.6) is 5.75 Å². The third-order valence-electron chi connectivity index (χ3n) is 4.32. The van der Waals surface area contributed by atoms with E-state index in [0.717, 1.165) is 11.7 Å². The van der Waals surface area contributed by atoms with Gasteiger partial charge in [0.2, 0.25) is 0 Å². The van der Waals surface area contributed by atoms with Gasteiger partial charge in [0.05, 0.1) is 6.10 Å². The van der Waals surface area contributed by atoms with Gasteiger partial charge in [-0.2, -0.15) is 0 Å². The zero-order valence-electron chi connectivity index (χ0n) is 12.9. The summed E-state index contributed by atoms with van der Waals surface area (Å²) in [5, 5.41) is 0. The van der Waals surface area contributed by atoms with E-state index in [1.165, 1.54) is 31.2 Å². The van der Waals surface area contributed by atoms with Crippen LogP contribution in [0, 0.1) is 11.8 Å². The third-order valence-corrected chi connectivity index (χ3v) is 4.32. The van der Waals surface area contributed by atoms with Crippen LogP contribution in [0.25, 0.3) is 0 Å². The second-order valence-electron chi connectivity index (χ2n) is 6.40. The van der Waals surface area contributed by atoms with Crippen LogP contribution in [0.2, 0.25) is 0 Å². The summed E-state index contributed by atoms with van der Waals surface area (Å²) < 4.78 is 5.69. The minimum atomic E-state index is 0.212. The molecule has 1 aromatic carbocycles. The van der Waals surface area contributed by atoms with E-state index in [0.29, 0.717) is 5.92 Å². The van der Waals surface area contributed by atoms with E-state index < -0.39 is 0 Å². The number of hydrogen-bond acceptors (Lipinski definition) is 3. The molecule has 0 aliphatic heterocycles. The first-order chi connectivity index (χ1) is 9.60. The van der Waals surface area contributed by atoms with Gasteiger partial charge in [-0.3, -0.25) is 11.3 Å². The molecule has 0 aromatic heterocycles. The Morgan fingerprint density at radius 1 is 1.10 bits per heavy atom. The normalized spacial score (nSPS) is 24.6. The van der Waals surface area contributed by atoms with Crippen LogP contribution >= 0.6 is 0 Å². The first-order valence-corrected chi connectivity index (χ1v) is 7.83. The van der Waals surface area contributed by atoms with E-state index >= 15 is 0 Å². The van der Waals surface area contributed by atoms with E-state index in [-0.39, 0.29) is 12.1 Å². The van der Waals surface area contributed by atoms with Crippen molar-refractivity contribution in [3.63, 3.8) is 0 Å². The van der Waals surface area contributed by atoms with Crippen molar-refractivity contribution in [2.45, 2.75) is 58.6 Å². The molecule has 20 heavy (non-hydrogen) atoms. The van der Waals surface area contributed by atoms with Crippen molar-refractivity contribution >= 4 is 0 Å². The highest BCUT2D eigenvalue weighted by Crippen LogP contribution is 2.36. The van der Waals surface area contributed by atoms with Gasteiger partial charge >= 0.3 is 0 Å². The summed E-state index contributed by atoms with van der Waals surface area (Å²) in [6.45, 7) is 6.43. The lowest BCUT2D eigenvalue weighted by atomic mass is 9.77. The summed E-state index contributed by atoms with van der Waals surface area (Å²) >= 11 is 0. The number of ether oxygens (including phenoxy) is 1. The molecule has 0 saturated heterocycles. The number of nitrogens with two attached hydrogens (primary N) is 1. The van der Waals surface area contributed by atoms with Crippen molar-refractivity contribution < 1.29 is 4.74 Å². The van der Waals surface area contributed by atoms with Gasteiger partial charge < -0.3 is 4.74 Å². The highest BCUT2D eigenvalue weighted by Gasteiger charge is 2.26. The van der Waals surface area contributed by atoms with Crippen LogP contribution in [0.1, 0.15) is 58.1 Å². The molecule has 1 aliphatic carbocycles. The van der Waals surface area contributed by atoms with E-state index in [9.17, 15) is 0 Å². The number of hydrogen-bond donors (Lipinski definition) is 2. The maximum absolute atomic E-state index is 5.81. The number of hydrazine groups is 1. The van der Waals surface area contributed by atoms with Crippen molar-refractivity contribution in [1.82, 2.24) is 5.43 Å². The summed E-state index contributed by atoms with van der Waals surface area (Å²) in [4.78, 5) is 0. The molecule has 3 nitrogen and oxygen atoms in total. The van der Waals surface area contributed by atoms with Gasteiger partial charge in [0.25, 0.3) is 0 Å². The molecule has 1 atom stereocenters. The molecule has 1 aromatic rings. The lowest BCUT2D eigenvalue weighted by Gasteiger charge is -2.32. The fourth-order valence-corrected chi connectivity index (χ4v) is 3.15. The topological polar surface area (TPSA) is 47.3 Å². The van der Waals surface area contributed by atoms with Crippen molar-refractivity contribution in [1.29, 1.82) is 0 Å². The lowest BCUT2D eigenvalue weighted by molar-refractivity contribution is 0.231. The molecule has 0 radical (unpaired) electrons. The molecule has 3 N–H and O–H groups in total. The van der Waals surface area contributed by atoms with Gasteiger partial charge in [-0.1, -0.05) is 31.9 Å². The minimum Gasteiger partial charge on any atom is -0.491 e. The summed E-state index contributed by atoms with van der Waals surface area (Å²) in [5.41, 5.74) is 4.29. The van der Waals surface area contributed by atoms with Gasteiger partial charge in [-0.25, -0.2) is 0 Å². The molecule has 0 amide bonds. The van der Waals surface area contributed by atoms with Crippen molar-refractivity contribution in [2.75, 3.05) is 0 Å². The summed E-state index contributed by atoms with van der Waals surface area (Å²) in [7, 11) is 0. The first-order valence-electron chi connectivity index (χ1n) is 7.83. The molecule has 1 unspecified atom stereocenters. The van der Waals surface area contributed by atoms with Crippen LogP contribution in [0.15, 0.2) is 24.3 Å². The fourth-order valence-electron chi connectivity index (χ4n) is 3.15. The fraction of sp³-hybridized carbons (Fsp3) is 0.647. The first kappa shape index (κ1) is 15.3. The Labute approximate surface area is 122 Å². The third kappa shape index (κ3) is 3.97. The largest absolute Gasteiger partial charge is 0.491 e. The Morgan fingerprint density at radius 3 is 2.20 bits per heavy atom. The minimum absolute atomic E-state index is 0.212. The Hall–Kier alpha value is -1.06. The molecule has 2 rings (SSSR count). The predicted molar refractivity (Wildman–Crippen MR) is 83.4 cm³/mol. The van der Waals surface area contributed by atoms with E-state index in [1.54, 1.807) is 0 Å². The predicted octanol–water partition coefficient (Wildman–Crippen LogP) is 3.80. The van der Waals surface area contributed by atoms with Crippen LogP contribution in [0.3, 0.4) is 0 Å². The molecule has 1 aliphatic rings. The van der Waals surface area contributed by atoms with Gasteiger partial charge in [0, 0.05) is 6.04 Å². The monoisotopic (exact) mass is 276 g/mol. The molecule has 3 heteroatoms. The van der Waals surface area contributed by atoms with Crippen molar-refractivity contribution in [3.05, 3.63) is 29.8 Å². The Bertz CT molecular complexity index is 394. The van der Waals surface area contributed by atoms with Crippen LogP contribution in [-0.4, -0.2) is 6.10 Å². The number of rotatable bonds is 5. The molecular weight excluding hydrogens is 248 g/mol. The van der Waals surface area contributed by atoms with Gasteiger partial charge in [-0.15, -0.1) is 0 Å². The van der Waals surface area contributed by atoms with Gasteiger partial charge in [0.15, 0.2) is 0 Å². The smallest absolute Gasteiger partial charge is 0.119 e. The molecule has 0 heterocycles. The van der Waals surface area contributed by atoms with Crippen LogP contribution in [-0.2, 0) is 0 Å². The number of benzene rings is 1. The van der Waals surface area contributed by atoms with Crippen molar-refractivity contribution in [2.24, 2.45) is 17.7 Å². The molecule has 0 spiro atoms. The molecule has 1 fully saturated rings. The van der Waals surface area contributed by atoms with Crippen LogP contribution < -0.4 is 16.0 Å². The van der Waals surface area contributed by atoms with Crippen molar-refractivity contribution in [3.8, 4) is 5.75 Å². The average molecular weight is 276 g/mol. The summed E-state index contributed by atoms with van der Waals surface area (Å²) in [5.74, 6) is 8.25. The van der Waals surface area contributed by atoms with E-state index in [1.807, 2.05) is 26.0 Å². The highest BCUT2D eigenvalue weighted by atomic mass is 16.5. The van der Waals surface area contributed by atoms with Gasteiger partial charge in [-0.05, 0) is 56.2 Å². The molecule has 0 bridgehead atoms. The Balaban J connectivity index is 2.03. The van der Waals surface area contributed by atoms with E-state index in [2.05, 4.69) is 24.5 Å². The maximum Gasteiger partial charge on any atom is 0.119 e. The zero-order valence-corrected chi connectivity index (χ0v) is 12.9. The standard InChI is InChI=1S/C17H28N2O/c1-12(2)20-16-10-8-15(9-11-16)17(19-18)14-6-4-13(3)5-7-14/h8-14,17,19H,4-7,18H2,1-3H3. The SMILES string of the molecule is CC1CCC(C(NN)c2ccc(OC(C)C)cc2)CC1. The zero-order chi connectivity index (χ0) is 14.5. The quantitative estimate of drug-likeness (QED) is 0.635. The highest BCUT2D eigenvalue weighted by molar-refractivity contribution is 5.29. The maximum atomic E-state index is 5.81.